The standard InChI is InChI=1S/C21H21O/c1-15-4-8-17(9-5-15)19-12-13-21(22-3)20(14-19)18-10-6-16(2)7-11-18/h4-14,20H,1-3H3/q+1. The van der Waals surface area contributed by atoms with E-state index in [0.29, 0.717) is 0 Å². The van der Waals surface area contributed by atoms with Crippen molar-refractivity contribution in [3.8, 4) is 0 Å². The first-order valence-corrected chi connectivity index (χ1v) is 7.62. The molecule has 2 aromatic carbocycles. The Kier molecular flexibility index (Phi) is 4.06. The molecule has 0 amide bonds. The van der Waals surface area contributed by atoms with Crippen molar-refractivity contribution in [1.82, 2.24) is 0 Å². The van der Waals surface area contributed by atoms with Crippen LogP contribution in [0.3, 0.4) is 0 Å². The lowest BCUT2D eigenvalue weighted by atomic mass is 9.86. The van der Waals surface area contributed by atoms with E-state index in [-0.39, 0.29) is 5.92 Å². The van der Waals surface area contributed by atoms with Gasteiger partial charge in [0, 0.05) is 6.08 Å². The zero-order chi connectivity index (χ0) is 15.5. The van der Waals surface area contributed by atoms with Crippen molar-refractivity contribution in [3.63, 3.8) is 0 Å². The minimum Gasteiger partial charge on any atom is -0.261 e. The van der Waals surface area contributed by atoms with Gasteiger partial charge in [-0.1, -0.05) is 65.7 Å². The van der Waals surface area contributed by atoms with Crippen molar-refractivity contribution in [2.24, 2.45) is 0 Å². The Morgan fingerprint density at radius 3 is 1.95 bits per heavy atom. The highest BCUT2D eigenvalue weighted by Gasteiger charge is 2.26. The van der Waals surface area contributed by atoms with Crippen molar-refractivity contribution in [2.75, 3.05) is 7.11 Å². The first-order valence-electron chi connectivity index (χ1n) is 7.62. The van der Waals surface area contributed by atoms with E-state index >= 15 is 0 Å². The maximum atomic E-state index is 5.58. The van der Waals surface area contributed by atoms with Crippen LogP contribution in [0.15, 0.2) is 66.8 Å². The van der Waals surface area contributed by atoms with E-state index in [1.807, 2.05) is 0 Å². The van der Waals surface area contributed by atoms with Gasteiger partial charge in [-0.05, 0) is 36.6 Å². The van der Waals surface area contributed by atoms with E-state index in [0.717, 1.165) is 5.78 Å². The molecule has 0 radical (unpaired) electrons. The molecule has 22 heavy (non-hydrogen) atoms. The van der Waals surface area contributed by atoms with Crippen LogP contribution in [0, 0.1) is 13.8 Å². The van der Waals surface area contributed by atoms with Crippen LogP contribution >= 0.6 is 0 Å². The van der Waals surface area contributed by atoms with Crippen LogP contribution in [0.4, 0.5) is 0 Å². The van der Waals surface area contributed by atoms with Gasteiger partial charge in [0.2, 0.25) is 0 Å². The molecule has 0 spiro atoms. The lowest BCUT2D eigenvalue weighted by Crippen LogP contribution is -2.13. The molecule has 1 aliphatic rings. The minimum absolute atomic E-state index is 0.173. The third kappa shape index (κ3) is 2.94. The summed E-state index contributed by atoms with van der Waals surface area (Å²) >= 11 is 0. The average Bonchev–Trinajstić information content (AvgIpc) is 2.56. The molecule has 1 nitrogen and oxygen atoms in total. The Labute approximate surface area is 132 Å². The van der Waals surface area contributed by atoms with Crippen LogP contribution in [0.1, 0.15) is 28.2 Å². The van der Waals surface area contributed by atoms with Gasteiger partial charge in [-0.25, -0.2) is 0 Å². The number of benzene rings is 2. The smallest absolute Gasteiger partial charge is 0.261 e. The highest BCUT2D eigenvalue weighted by atomic mass is 16.4. The molecule has 0 bridgehead atoms. The quantitative estimate of drug-likeness (QED) is 0.705. The van der Waals surface area contributed by atoms with Gasteiger partial charge in [0.1, 0.15) is 5.92 Å². The third-order valence-corrected chi connectivity index (χ3v) is 4.14. The Bertz CT molecular complexity index is 743. The summed E-state index contributed by atoms with van der Waals surface area (Å²) in [4.78, 5) is 0. The number of hydrogen-bond acceptors (Lipinski definition) is 0. The van der Waals surface area contributed by atoms with E-state index < -0.39 is 0 Å². The van der Waals surface area contributed by atoms with Crippen LogP contribution in [-0.2, 0) is 4.42 Å². The molecule has 0 heterocycles. The molecule has 0 N–H and O–H groups in total. The second-order valence-electron chi connectivity index (χ2n) is 5.82. The van der Waals surface area contributed by atoms with Crippen LogP contribution in [-0.4, -0.2) is 12.9 Å². The van der Waals surface area contributed by atoms with Gasteiger partial charge >= 0.3 is 5.78 Å². The summed E-state index contributed by atoms with van der Waals surface area (Å²) in [7, 11) is 1.74. The van der Waals surface area contributed by atoms with Crippen molar-refractivity contribution >= 4 is 11.4 Å². The maximum Gasteiger partial charge on any atom is 0.330 e. The summed E-state index contributed by atoms with van der Waals surface area (Å²) in [5.41, 5.74) is 6.30. The number of hydrogen-bond donors (Lipinski definition) is 0. The molecule has 0 aromatic heterocycles. The van der Waals surface area contributed by atoms with Gasteiger partial charge in [-0.3, -0.25) is 4.42 Å². The summed E-state index contributed by atoms with van der Waals surface area (Å²) in [5.74, 6) is 1.16. The zero-order valence-electron chi connectivity index (χ0n) is 13.3. The Hall–Kier alpha value is -2.41. The fourth-order valence-corrected chi connectivity index (χ4v) is 2.76. The summed E-state index contributed by atoms with van der Waals surface area (Å²) in [6, 6.07) is 17.3. The molecule has 0 saturated heterocycles. The summed E-state index contributed by atoms with van der Waals surface area (Å²) < 4.78 is 5.58. The van der Waals surface area contributed by atoms with E-state index in [4.69, 9.17) is 4.42 Å². The lowest BCUT2D eigenvalue weighted by Gasteiger charge is -2.14. The van der Waals surface area contributed by atoms with E-state index in [1.165, 1.54) is 27.8 Å². The fourth-order valence-electron chi connectivity index (χ4n) is 2.76. The van der Waals surface area contributed by atoms with Gasteiger partial charge in [-0.2, -0.15) is 0 Å². The number of allylic oxidation sites excluding steroid dienone is 4. The minimum atomic E-state index is 0.173. The average molecular weight is 289 g/mol. The Balaban J connectivity index is 2.01. The lowest BCUT2D eigenvalue weighted by molar-refractivity contribution is -0.420. The fraction of sp³-hybridized carbons (Fsp3) is 0.190. The molecule has 0 saturated carbocycles. The van der Waals surface area contributed by atoms with Gasteiger partial charge in [-0.15, -0.1) is 0 Å². The summed E-state index contributed by atoms with van der Waals surface area (Å²) in [6.07, 6.45) is 6.50. The maximum absolute atomic E-state index is 5.58. The number of carbonyl (C=O) groups excluding carboxylic acids is 1. The molecule has 110 valence electrons. The van der Waals surface area contributed by atoms with Gasteiger partial charge < -0.3 is 0 Å². The van der Waals surface area contributed by atoms with Crippen molar-refractivity contribution < 1.29 is 4.42 Å². The Morgan fingerprint density at radius 2 is 1.36 bits per heavy atom. The monoisotopic (exact) mass is 289 g/mol. The molecule has 1 unspecified atom stereocenters. The number of ketones is 1. The second-order valence-corrected chi connectivity index (χ2v) is 5.82. The van der Waals surface area contributed by atoms with Gasteiger partial charge in [0.05, 0.1) is 0 Å². The third-order valence-electron chi connectivity index (χ3n) is 4.14. The van der Waals surface area contributed by atoms with Crippen molar-refractivity contribution in [2.45, 2.75) is 19.8 Å². The molecular weight excluding hydrogens is 268 g/mol. The predicted molar refractivity (Wildman–Crippen MR) is 93.1 cm³/mol. The largest absolute Gasteiger partial charge is 0.330 e. The topological polar surface area (TPSA) is 11.3 Å². The molecule has 1 atom stereocenters. The highest BCUT2D eigenvalue weighted by Crippen LogP contribution is 2.30. The van der Waals surface area contributed by atoms with Crippen LogP contribution in [0.25, 0.3) is 5.57 Å². The van der Waals surface area contributed by atoms with Crippen LogP contribution in [0.5, 0.6) is 0 Å². The van der Waals surface area contributed by atoms with Crippen molar-refractivity contribution in [1.29, 1.82) is 0 Å². The Morgan fingerprint density at radius 1 is 0.773 bits per heavy atom. The number of aryl methyl sites for hydroxylation is 2. The SMILES string of the molecule is C[O+]=C1C=CC(c2ccc(C)cc2)=CC1c1ccc(C)cc1. The normalized spacial score (nSPS) is 19.3. The highest BCUT2D eigenvalue weighted by molar-refractivity contribution is 6.03. The molecule has 0 aliphatic heterocycles. The van der Waals surface area contributed by atoms with E-state index in [9.17, 15) is 0 Å². The van der Waals surface area contributed by atoms with Crippen molar-refractivity contribution in [3.05, 3.63) is 89.0 Å². The summed E-state index contributed by atoms with van der Waals surface area (Å²) in [5, 5.41) is 0. The molecule has 3 rings (SSSR count). The first kappa shape index (κ1) is 14.5. The van der Waals surface area contributed by atoms with E-state index in [2.05, 4.69) is 80.6 Å². The van der Waals surface area contributed by atoms with Crippen LogP contribution < -0.4 is 0 Å². The van der Waals surface area contributed by atoms with Gasteiger partial charge in [0.15, 0.2) is 0 Å². The molecule has 0 fully saturated rings. The van der Waals surface area contributed by atoms with Gasteiger partial charge in [0.25, 0.3) is 7.11 Å². The predicted octanol–water partition coefficient (Wildman–Crippen LogP) is 4.78. The van der Waals surface area contributed by atoms with Crippen LogP contribution in [0.2, 0.25) is 0 Å². The molecule has 1 aliphatic carbocycles. The zero-order valence-corrected chi connectivity index (χ0v) is 13.3. The number of rotatable bonds is 2. The second kappa shape index (κ2) is 6.15. The molecule has 1 heteroatoms. The molecular formula is C21H21O+. The molecule has 2 aromatic rings. The van der Waals surface area contributed by atoms with E-state index in [1.54, 1.807) is 7.11 Å². The first-order chi connectivity index (χ1) is 10.7. The summed E-state index contributed by atoms with van der Waals surface area (Å²) in [6.45, 7) is 4.22.